The highest BCUT2D eigenvalue weighted by atomic mass is 79.9. The third-order valence-electron chi connectivity index (χ3n) is 4.15. The molecule has 0 spiro atoms. The Balaban J connectivity index is 1.71. The molecule has 128 valence electrons. The molecule has 0 aliphatic carbocycles. The van der Waals surface area contributed by atoms with Crippen molar-refractivity contribution in [2.75, 3.05) is 13.1 Å². The van der Waals surface area contributed by atoms with Crippen LogP contribution in [0.15, 0.2) is 33.3 Å². The number of unbranched alkanes of at least 4 members (excludes halogenated alkanes) is 1. The fourth-order valence-corrected chi connectivity index (χ4v) is 3.09. The number of hydrogen-bond acceptors (Lipinski definition) is 4. The fraction of sp³-hybridized carbons (Fsp3) is 0.471. The van der Waals surface area contributed by atoms with E-state index in [2.05, 4.69) is 38.3 Å². The van der Waals surface area contributed by atoms with Gasteiger partial charge in [0.05, 0.1) is 0 Å². The van der Waals surface area contributed by atoms with Crippen LogP contribution in [0.2, 0.25) is 0 Å². The predicted octanol–water partition coefficient (Wildman–Crippen LogP) is 4.15. The van der Waals surface area contributed by atoms with E-state index in [1.807, 2.05) is 24.3 Å². The van der Waals surface area contributed by atoms with Gasteiger partial charge in [0.25, 0.3) is 0 Å². The maximum atomic E-state index is 12.3. The first kappa shape index (κ1) is 17.0. The molecule has 2 heterocycles. The third kappa shape index (κ3) is 3.77. The summed E-state index contributed by atoms with van der Waals surface area (Å²) in [5.41, 5.74) is 0.894. The van der Waals surface area contributed by atoms with Crippen molar-refractivity contribution in [3.63, 3.8) is 0 Å². The van der Waals surface area contributed by atoms with E-state index in [1.54, 1.807) is 4.90 Å². The molecule has 0 saturated carbocycles. The Kier molecular flexibility index (Phi) is 5.50. The average Bonchev–Trinajstić information content (AvgIpc) is 3.24. The summed E-state index contributed by atoms with van der Waals surface area (Å²) in [6.45, 7) is 3.53. The van der Waals surface area contributed by atoms with Gasteiger partial charge in [-0.25, -0.2) is 4.79 Å². The van der Waals surface area contributed by atoms with Crippen LogP contribution in [-0.4, -0.2) is 34.2 Å². The SMILES string of the molecule is CCCCNC(=O)N1CCCC1c1nc(-c2ccc(Br)cc2)no1. The van der Waals surface area contributed by atoms with E-state index in [-0.39, 0.29) is 12.1 Å². The molecule has 3 rings (SSSR count). The predicted molar refractivity (Wildman–Crippen MR) is 94.4 cm³/mol. The molecule has 1 fully saturated rings. The van der Waals surface area contributed by atoms with Gasteiger partial charge in [0.1, 0.15) is 6.04 Å². The number of nitrogens with zero attached hydrogens (tertiary/aromatic N) is 3. The van der Waals surface area contributed by atoms with Crippen LogP contribution in [0.1, 0.15) is 44.5 Å². The Bertz CT molecular complexity index is 686. The molecule has 0 bridgehead atoms. The Labute approximate surface area is 149 Å². The zero-order valence-corrected chi connectivity index (χ0v) is 15.3. The van der Waals surface area contributed by atoms with Crippen LogP contribution in [0, 0.1) is 0 Å². The van der Waals surface area contributed by atoms with Crippen molar-refractivity contribution in [1.29, 1.82) is 0 Å². The van der Waals surface area contributed by atoms with Crippen molar-refractivity contribution in [3.8, 4) is 11.4 Å². The number of benzene rings is 1. The lowest BCUT2D eigenvalue weighted by Crippen LogP contribution is -2.39. The maximum absolute atomic E-state index is 12.3. The number of halogens is 1. The Morgan fingerprint density at radius 3 is 2.96 bits per heavy atom. The van der Waals surface area contributed by atoms with Gasteiger partial charge in [-0.1, -0.05) is 34.4 Å². The molecule has 1 aromatic carbocycles. The molecule has 1 aliphatic heterocycles. The van der Waals surface area contributed by atoms with Crippen molar-refractivity contribution in [2.24, 2.45) is 0 Å². The molecule has 2 amide bonds. The summed E-state index contributed by atoms with van der Waals surface area (Å²) in [6, 6.07) is 7.56. The number of carbonyl (C=O) groups is 1. The van der Waals surface area contributed by atoms with E-state index in [4.69, 9.17) is 4.52 Å². The van der Waals surface area contributed by atoms with Gasteiger partial charge in [-0.2, -0.15) is 4.98 Å². The molecule has 1 aliphatic rings. The summed E-state index contributed by atoms with van der Waals surface area (Å²) in [5.74, 6) is 1.06. The first-order valence-electron chi connectivity index (χ1n) is 8.33. The van der Waals surface area contributed by atoms with E-state index >= 15 is 0 Å². The zero-order chi connectivity index (χ0) is 16.9. The van der Waals surface area contributed by atoms with Gasteiger partial charge in [-0.15, -0.1) is 0 Å². The van der Waals surface area contributed by atoms with Crippen LogP contribution >= 0.6 is 15.9 Å². The minimum Gasteiger partial charge on any atom is -0.338 e. The Morgan fingerprint density at radius 2 is 2.21 bits per heavy atom. The smallest absolute Gasteiger partial charge is 0.318 e. The molecule has 6 nitrogen and oxygen atoms in total. The number of likely N-dealkylation sites (tertiary alicyclic amines) is 1. The topological polar surface area (TPSA) is 71.3 Å². The fourth-order valence-electron chi connectivity index (χ4n) is 2.83. The first-order chi connectivity index (χ1) is 11.7. The number of hydrogen-bond donors (Lipinski definition) is 1. The molecule has 1 saturated heterocycles. The molecule has 0 radical (unpaired) electrons. The van der Waals surface area contributed by atoms with Crippen molar-refractivity contribution < 1.29 is 9.32 Å². The first-order valence-corrected chi connectivity index (χ1v) is 9.12. The summed E-state index contributed by atoms with van der Waals surface area (Å²) in [6.07, 6.45) is 3.84. The largest absolute Gasteiger partial charge is 0.338 e. The van der Waals surface area contributed by atoms with Crippen LogP contribution in [-0.2, 0) is 0 Å². The third-order valence-corrected chi connectivity index (χ3v) is 4.68. The van der Waals surface area contributed by atoms with Crippen molar-refractivity contribution in [1.82, 2.24) is 20.4 Å². The van der Waals surface area contributed by atoms with E-state index in [0.717, 1.165) is 42.3 Å². The second kappa shape index (κ2) is 7.79. The molecule has 24 heavy (non-hydrogen) atoms. The lowest BCUT2D eigenvalue weighted by molar-refractivity contribution is 0.180. The monoisotopic (exact) mass is 392 g/mol. The minimum absolute atomic E-state index is 0.0469. The summed E-state index contributed by atoms with van der Waals surface area (Å²) in [4.78, 5) is 18.6. The summed E-state index contributed by atoms with van der Waals surface area (Å²) < 4.78 is 6.45. The molecule has 2 aromatic rings. The number of carbonyl (C=O) groups excluding carboxylic acids is 1. The molecule has 1 unspecified atom stereocenters. The number of urea groups is 1. The molecule has 1 aromatic heterocycles. The van der Waals surface area contributed by atoms with Crippen LogP contribution in [0.3, 0.4) is 0 Å². The van der Waals surface area contributed by atoms with Gasteiger partial charge in [0, 0.05) is 23.1 Å². The molecule has 1 N–H and O–H groups in total. The van der Waals surface area contributed by atoms with Gasteiger partial charge in [-0.05, 0) is 43.5 Å². The van der Waals surface area contributed by atoms with E-state index in [1.165, 1.54) is 0 Å². The van der Waals surface area contributed by atoms with Gasteiger partial charge >= 0.3 is 6.03 Å². The second-order valence-electron chi connectivity index (χ2n) is 5.90. The van der Waals surface area contributed by atoms with E-state index in [0.29, 0.717) is 18.3 Å². The van der Waals surface area contributed by atoms with Gasteiger partial charge in [0.15, 0.2) is 0 Å². The quantitative estimate of drug-likeness (QED) is 0.775. The van der Waals surface area contributed by atoms with E-state index in [9.17, 15) is 4.79 Å². The van der Waals surface area contributed by atoms with Crippen molar-refractivity contribution in [3.05, 3.63) is 34.6 Å². The molecule has 7 heteroatoms. The van der Waals surface area contributed by atoms with Gasteiger partial charge in [0.2, 0.25) is 11.7 Å². The summed E-state index contributed by atoms with van der Waals surface area (Å²) >= 11 is 3.41. The summed E-state index contributed by atoms with van der Waals surface area (Å²) in [7, 11) is 0. The standard InChI is InChI=1S/C17H21BrN4O2/c1-2-3-10-19-17(23)22-11-4-5-14(22)16-20-15(21-24-16)12-6-8-13(18)9-7-12/h6-9,14H,2-5,10-11H2,1H3,(H,19,23). The molecular formula is C17H21BrN4O2. The Hall–Kier alpha value is -1.89. The van der Waals surface area contributed by atoms with Gasteiger partial charge in [-0.3, -0.25) is 0 Å². The lowest BCUT2D eigenvalue weighted by atomic mass is 10.2. The average molecular weight is 393 g/mol. The highest BCUT2D eigenvalue weighted by Gasteiger charge is 2.34. The van der Waals surface area contributed by atoms with Crippen molar-refractivity contribution in [2.45, 2.75) is 38.6 Å². The lowest BCUT2D eigenvalue weighted by Gasteiger charge is -2.22. The maximum Gasteiger partial charge on any atom is 0.318 e. The number of nitrogens with one attached hydrogen (secondary N) is 1. The van der Waals surface area contributed by atoms with E-state index < -0.39 is 0 Å². The zero-order valence-electron chi connectivity index (χ0n) is 13.7. The summed E-state index contributed by atoms with van der Waals surface area (Å²) in [5, 5.41) is 7.03. The molecular weight excluding hydrogens is 372 g/mol. The van der Waals surface area contributed by atoms with Gasteiger partial charge < -0.3 is 14.7 Å². The van der Waals surface area contributed by atoms with Crippen LogP contribution < -0.4 is 5.32 Å². The molecule has 1 atom stereocenters. The normalized spacial score (nSPS) is 17.2. The number of amides is 2. The highest BCUT2D eigenvalue weighted by Crippen LogP contribution is 2.32. The second-order valence-corrected chi connectivity index (χ2v) is 6.82. The van der Waals surface area contributed by atoms with Crippen LogP contribution in [0.25, 0.3) is 11.4 Å². The minimum atomic E-state index is -0.136. The van der Waals surface area contributed by atoms with Crippen molar-refractivity contribution >= 4 is 22.0 Å². The Morgan fingerprint density at radius 1 is 1.42 bits per heavy atom. The van der Waals surface area contributed by atoms with Crippen LogP contribution in [0.4, 0.5) is 4.79 Å². The highest BCUT2D eigenvalue weighted by molar-refractivity contribution is 9.10. The number of rotatable bonds is 5. The van der Waals surface area contributed by atoms with Crippen LogP contribution in [0.5, 0.6) is 0 Å². The number of aromatic nitrogens is 2.